The first-order valence-electron chi connectivity index (χ1n) is 3.70. The molecule has 0 bridgehead atoms. The lowest BCUT2D eigenvalue weighted by atomic mass is 10.3. The second-order valence-corrected chi connectivity index (χ2v) is 5.01. The summed E-state index contributed by atoms with van der Waals surface area (Å²) >= 11 is 8.12. The average molecular weight is 334 g/mol. The van der Waals surface area contributed by atoms with E-state index in [1.54, 1.807) is 6.20 Å². The van der Waals surface area contributed by atoms with Crippen LogP contribution in [0, 0.1) is 5.51 Å². The number of halogens is 2. The molecule has 14 heavy (non-hydrogen) atoms. The van der Waals surface area contributed by atoms with Gasteiger partial charge in [0.25, 0.3) is 0 Å². The molecule has 0 N–H and O–H groups in total. The Morgan fingerprint density at radius 2 is 2.21 bits per heavy atom. The van der Waals surface area contributed by atoms with Gasteiger partial charge >= 0.3 is 0 Å². The van der Waals surface area contributed by atoms with Gasteiger partial charge in [-0.05, 0) is 34.1 Å². The molecule has 0 aliphatic rings. The van der Waals surface area contributed by atoms with Crippen LogP contribution in [-0.4, -0.2) is 4.98 Å². The van der Waals surface area contributed by atoms with Crippen molar-refractivity contribution in [1.29, 1.82) is 0 Å². The predicted molar refractivity (Wildman–Crippen MR) is 62.9 cm³/mol. The van der Waals surface area contributed by atoms with Gasteiger partial charge in [-0.25, -0.2) is 4.98 Å². The molecule has 2 aromatic rings. The number of rotatable bonds is 2. The molecule has 0 amide bonds. The first-order chi connectivity index (χ1) is 6.75. The molecule has 1 aromatic heterocycles. The highest BCUT2D eigenvalue weighted by Crippen LogP contribution is 2.33. The molecule has 0 unspecified atom stereocenters. The number of benzene rings is 1. The molecule has 1 heterocycles. The number of aromatic nitrogens is 1. The van der Waals surface area contributed by atoms with Crippen LogP contribution < -0.4 is 4.74 Å². The monoisotopic (exact) mass is 332 g/mol. The third kappa shape index (κ3) is 2.34. The van der Waals surface area contributed by atoms with Crippen molar-refractivity contribution in [3.63, 3.8) is 0 Å². The van der Waals surface area contributed by atoms with Crippen molar-refractivity contribution in [2.75, 3.05) is 0 Å². The van der Waals surface area contributed by atoms with Gasteiger partial charge in [0.15, 0.2) is 5.51 Å². The minimum atomic E-state index is 0.726. The Morgan fingerprint density at radius 1 is 1.36 bits per heavy atom. The lowest BCUT2D eigenvalue weighted by molar-refractivity contribution is 0.491. The third-order valence-electron chi connectivity index (χ3n) is 1.47. The smallest absolute Gasteiger partial charge is 0.201 e. The molecule has 0 saturated carbocycles. The van der Waals surface area contributed by atoms with Crippen LogP contribution in [0.3, 0.4) is 0 Å². The lowest BCUT2D eigenvalue weighted by Crippen LogP contribution is -1.82. The SMILES string of the molecule is Brc1ccc(Br)c(Oc2cn[c]s2)c1. The van der Waals surface area contributed by atoms with Crippen LogP contribution in [0.15, 0.2) is 33.3 Å². The summed E-state index contributed by atoms with van der Waals surface area (Å²) < 4.78 is 7.47. The van der Waals surface area contributed by atoms with Crippen LogP contribution in [0.5, 0.6) is 10.8 Å². The average Bonchev–Trinajstić information content (AvgIpc) is 2.64. The second kappa shape index (κ2) is 4.42. The van der Waals surface area contributed by atoms with Crippen molar-refractivity contribution < 1.29 is 4.74 Å². The minimum Gasteiger partial charge on any atom is -0.444 e. The van der Waals surface area contributed by atoms with E-state index in [4.69, 9.17) is 4.74 Å². The maximum atomic E-state index is 5.58. The van der Waals surface area contributed by atoms with Crippen LogP contribution in [0.4, 0.5) is 0 Å². The summed E-state index contributed by atoms with van der Waals surface area (Å²) in [6.45, 7) is 0. The van der Waals surface area contributed by atoms with Crippen molar-refractivity contribution in [2.24, 2.45) is 0 Å². The quantitative estimate of drug-likeness (QED) is 0.819. The number of ether oxygens (including phenoxy) is 1. The highest BCUT2D eigenvalue weighted by atomic mass is 79.9. The number of hydrogen-bond donors (Lipinski definition) is 0. The number of hydrogen-bond acceptors (Lipinski definition) is 3. The van der Waals surface area contributed by atoms with Crippen LogP contribution in [-0.2, 0) is 0 Å². The Bertz CT molecular complexity index is 430. The van der Waals surface area contributed by atoms with Gasteiger partial charge in [0.2, 0.25) is 5.06 Å². The molecular formula is C9H4Br2NOS. The Morgan fingerprint density at radius 3 is 2.93 bits per heavy atom. The zero-order valence-electron chi connectivity index (χ0n) is 6.83. The van der Waals surface area contributed by atoms with Crippen molar-refractivity contribution in [3.8, 4) is 10.8 Å². The van der Waals surface area contributed by atoms with E-state index in [0.717, 1.165) is 19.8 Å². The van der Waals surface area contributed by atoms with Gasteiger partial charge in [-0.3, -0.25) is 0 Å². The normalized spacial score (nSPS) is 10.1. The van der Waals surface area contributed by atoms with Crippen molar-refractivity contribution in [3.05, 3.63) is 38.9 Å². The zero-order chi connectivity index (χ0) is 9.97. The Balaban J connectivity index is 2.28. The third-order valence-corrected chi connectivity index (χ3v) is 3.21. The van der Waals surface area contributed by atoms with Gasteiger partial charge in [0, 0.05) is 4.47 Å². The van der Waals surface area contributed by atoms with E-state index < -0.39 is 0 Å². The van der Waals surface area contributed by atoms with Gasteiger partial charge < -0.3 is 4.74 Å². The fourth-order valence-electron chi connectivity index (χ4n) is 0.888. The maximum absolute atomic E-state index is 5.58. The largest absolute Gasteiger partial charge is 0.444 e. The molecule has 0 saturated heterocycles. The van der Waals surface area contributed by atoms with E-state index in [2.05, 4.69) is 42.4 Å². The lowest BCUT2D eigenvalue weighted by Gasteiger charge is -2.04. The fraction of sp³-hybridized carbons (Fsp3) is 0. The van der Waals surface area contributed by atoms with E-state index >= 15 is 0 Å². The summed E-state index contributed by atoms with van der Waals surface area (Å²) in [6, 6.07) is 5.75. The van der Waals surface area contributed by atoms with Gasteiger partial charge in [-0.2, -0.15) is 0 Å². The number of thiazole rings is 1. The fourth-order valence-corrected chi connectivity index (χ4v) is 1.99. The molecule has 0 spiro atoms. The Labute approximate surface area is 102 Å². The minimum absolute atomic E-state index is 0.726. The Kier molecular flexibility index (Phi) is 3.20. The summed E-state index contributed by atoms with van der Waals surface area (Å²) in [6.07, 6.45) is 1.64. The second-order valence-electron chi connectivity index (χ2n) is 2.45. The predicted octanol–water partition coefficient (Wildman–Crippen LogP) is 4.26. The summed E-state index contributed by atoms with van der Waals surface area (Å²) in [5, 5.41) is 0.726. The topological polar surface area (TPSA) is 22.1 Å². The van der Waals surface area contributed by atoms with Crippen LogP contribution in [0.2, 0.25) is 0 Å². The Hall–Kier alpha value is -0.390. The summed E-state index contributed by atoms with van der Waals surface area (Å²) in [7, 11) is 0. The summed E-state index contributed by atoms with van der Waals surface area (Å²) in [5.41, 5.74) is 2.72. The van der Waals surface area contributed by atoms with E-state index in [1.165, 1.54) is 11.3 Å². The van der Waals surface area contributed by atoms with Gasteiger partial charge in [0.1, 0.15) is 5.75 Å². The van der Waals surface area contributed by atoms with Crippen molar-refractivity contribution >= 4 is 43.2 Å². The van der Waals surface area contributed by atoms with Crippen molar-refractivity contribution in [2.45, 2.75) is 0 Å². The zero-order valence-corrected chi connectivity index (χ0v) is 10.8. The highest BCUT2D eigenvalue weighted by Gasteiger charge is 2.04. The molecule has 1 radical (unpaired) electrons. The molecule has 2 rings (SSSR count). The molecular weight excluding hydrogens is 330 g/mol. The van der Waals surface area contributed by atoms with Crippen molar-refractivity contribution in [1.82, 2.24) is 4.98 Å². The maximum Gasteiger partial charge on any atom is 0.201 e. The van der Waals surface area contributed by atoms with Gasteiger partial charge in [-0.1, -0.05) is 27.3 Å². The van der Waals surface area contributed by atoms with Crippen LogP contribution in [0.25, 0.3) is 0 Å². The molecule has 71 valence electrons. The standard InChI is InChI=1S/C9H4Br2NOS/c10-6-1-2-7(11)8(3-6)13-9-4-12-5-14-9/h1-4H. The molecule has 2 nitrogen and oxygen atoms in total. The molecule has 0 aliphatic carbocycles. The van der Waals surface area contributed by atoms with E-state index in [0.29, 0.717) is 0 Å². The number of nitrogens with zero attached hydrogens (tertiary/aromatic N) is 1. The van der Waals surface area contributed by atoms with Gasteiger partial charge in [0.05, 0.1) is 10.7 Å². The van der Waals surface area contributed by atoms with E-state index in [1.807, 2.05) is 18.2 Å². The van der Waals surface area contributed by atoms with Crippen LogP contribution in [0.1, 0.15) is 0 Å². The molecule has 0 atom stereocenters. The summed E-state index contributed by atoms with van der Waals surface area (Å²) in [5.74, 6) is 0.761. The highest BCUT2D eigenvalue weighted by molar-refractivity contribution is 9.11. The summed E-state index contributed by atoms with van der Waals surface area (Å²) in [4.78, 5) is 3.81. The van der Waals surface area contributed by atoms with Crippen LogP contribution >= 0.6 is 43.2 Å². The molecule has 1 aromatic carbocycles. The van der Waals surface area contributed by atoms with E-state index in [9.17, 15) is 0 Å². The molecule has 0 aliphatic heterocycles. The molecule has 5 heteroatoms. The van der Waals surface area contributed by atoms with E-state index in [-0.39, 0.29) is 0 Å². The molecule has 0 fully saturated rings. The van der Waals surface area contributed by atoms with Gasteiger partial charge in [-0.15, -0.1) is 0 Å². The first kappa shape index (κ1) is 10.1. The first-order valence-corrected chi connectivity index (χ1v) is 6.11.